The summed E-state index contributed by atoms with van der Waals surface area (Å²) in [6, 6.07) is 16.1. The van der Waals surface area contributed by atoms with E-state index in [1.807, 2.05) is 34.3 Å². The molecule has 1 amide bonds. The summed E-state index contributed by atoms with van der Waals surface area (Å²) in [5.74, 6) is -0.266. The Morgan fingerprint density at radius 3 is 2.92 bits per heavy atom. The first-order chi connectivity index (χ1) is 12.2. The van der Waals surface area contributed by atoms with Crippen LogP contribution in [-0.4, -0.2) is 15.6 Å². The van der Waals surface area contributed by atoms with Crippen molar-refractivity contribution < 1.29 is 9.32 Å². The van der Waals surface area contributed by atoms with Gasteiger partial charge in [0.15, 0.2) is 4.80 Å². The van der Waals surface area contributed by atoms with Gasteiger partial charge in [-0.3, -0.25) is 4.79 Å². The molecule has 124 valence electrons. The van der Waals surface area contributed by atoms with Gasteiger partial charge in [0.1, 0.15) is 0 Å². The molecular weight excluding hydrogens is 334 g/mol. The molecule has 0 fully saturated rings. The fourth-order valence-corrected chi connectivity index (χ4v) is 3.45. The number of hydrogen-bond donors (Lipinski definition) is 0. The molecule has 0 saturated heterocycles. The molecule has 25 heavy (non-hydrogen) atoms. The van der Waals surface area contributed by atoms with Gasteiger partial charge < -0.3 is 9.09 Å². The van der Waals surface area contributed by atoms with Crippen molar-refractivity contribution in [1.29, 1.82) is 0 Å². The van der Waals surface area contributed by atoms with Crippen LogP contribution < -0.4 is 4.80 Å². The summed E-state index contributed by atoms with van der Waals surface area (Å²) in [6.07, 6.45) is 1.93. The number of carbonyl (C=O) groups is 1. The van der Waals surface area contributed by atoms with E-state index < -0.39 is 5.91 Å². The largest absolute Gasteiger partial charge is 0.351 e. The minimum absolute atomic E-state index is 0.155. The zero-order valence-electron chi connectivity index (χ0n) is 13.5. The normalized spacial score (nSPS) is 12.0. The number of hydrogen-bond acceptors (Lipinski definition) is 4. The first-order valence-corrected chi connectivity index (χ1v) is 8.71. The fourth-order valence-electron chi connectivity index (χ4n) is 2.73. The summed E-state index contributed by atoms with van der Waals surface area (Å²) in [7, 11) is 0. The molecular formula is C19H15N3O2S. The molecule has 0 aliphatic heterocycles. The highest BCUT2D eigenvalue weighted by Gasteiger charge is 2.11. The third-order valence-corrected chi connectivity index (χ3v) is 4.71. The number of thiazole rings is 1. The third kappa shape index (κ3) is 3.16. The van der Waals surface area contributed by atoms with E-state index in [-0.39, 0.29) is 5.76 Å². The van der Waals surface area contributed by atoms with E-state index in [0.717, 1.165) is 0 Å². The molecule has 4 rings (SSSR count). The van der Waals surface area contributed by atoms with Gasteiger partial charge in [-0.2, -0.15) is 4.99 Å². The Labute approximate surface area is 147 Å². The summed E-state index contributed by atoms with van der Waals surface area (Å²) in [6.45, 7) is 2.42. The number of amides is 1. The molecule has 0 atom stereocenters. The highest BCUT2D eigenvalue weighted by atomic mass is 32.1. The molecule has 0 radical (unpaired) electrons. The second-order valence-electron chi connectivity index (χ2n) is 5.70. The van der Waals surface area contributed by atoms with Crippen LogP contribution in [0.3, 0.4) is 0 Å². The molecule has 2 heterocycles. The van der Waals surface area contributed by atoms with Crippen LogP contribution in [0.25, 0.3) is 10.8 Å². The second-order valence-corrected chi connectivity index (χ2v) is 6.57. The minimum Gasteiger partial charge on any atom is -0.351 e. The van der Waals surface area contributed by atoms with Crippen LogP contribution in [0.15, 0.2) is 69.6 Å². The van der Waals surface area contributed by atoms with Crippen LogP contribution in [0.2, 0.25) is 0 Å². The third-order valence-electron chi connectivity index (χ3n) is 3.92. The fraction of sp³-hybridized carbons (Fsp3) is 0.105. The lowest BCUT2D eigenvalue weighted by molar-refractivity contribution is 0.0962. The lowest BCUT2D eigenvalue weighted by Gasteiger charge is -2.07. The van der Waals surface area contributed by atoms with Crippen molar-refractivity contribution >= 4 is 28.0 Å². The van der Waals surface area contributed by atoms with Gasteiger partial charge in [0.25, 0.3) is 0 Å². The van der Waals surface area contributed by atoms with Gasteiger partial charge in [0.2, 0.25) is 5.76 Å². The van der Waals surface area contributed by atoms with E-state index in [1.54, 1.807) is 13.0 Å². The standard InChI is InChI=1S/C19H15N3O2S/c1-13-11-17(24-21-13)18(23)20-19-22(9-10-25-19)12-15-7-4-6-14-5-2-3-8-16(14)15/h2-11H,12H2,1H3. The highest BCUT2D eigenvalue weighted by Crippen LogP contribution is 2.19. The van der Waals surface area contributed by atoms with E-state index >= 15 is 0 Å². The summed E-state index contributed by atoms with van der Waals surface area (Å²) in [5, 5.41) is 8.05. The van der Waals surface area contributed by atoms with E-state index in [0.29, 0.717) is 17.0 Å². The molecule has 0 bridgehead atoms. The predicted molar refractivity (Wildman–Crippen MR) is 96.5 cm³/mol. The minimum atomic E-state index is -0.422. The van der Waals surface area contributed by atoms with Crippen molar-refractivity contribution in [2.45, 2.75) is 13.5 Å². The zero-order chi connectivity index (χ0) is 17.2. The van der Waals surface area contributed by atoms with Crippen LogP contribution in [0, 0.1) is 6.92 Å². The number of benzene rings is 2. The first kappa shape index (κ1) is 15.5. The van der Waals surface area contributed by atoms with Gasteiger partial charge in [0, 0.05) is 17.6 Å². The van der Waals surface area contributed by atoms with Crippen molar-refractivity contribution in [3.63, 3.8) is 0 Å². The van der Waals surface area contributed by atoms with Crippen molar-refractivity contribution in [2.75, 3.05) is 0 Å². The Morgan fingerprint density at radius 2 is 2.08 bits per heavy atom. The SMILES string of the molecule is Cc1cc(C(=O)N=c2sccn2Cc2cccc3ccccc23)on1. The van der Waals surface area contributed by atoms with E-state index in [1.165, 1.54) is 27.7 Å². The molecule has 0 aliphatic carbocycles. The number of carbonyl (C=O) groups excluding carboxylic acids is 1. The molecule has 0 spiro atoms. The molecule has 2 aromatic heterocycles. The summed E-state index contributed by atoms with van der Waals surface area (Å²) >= 11 is 1.42. The molecule has 0 aliphatic rings. The topological polar surface area (TPSA) is 60.4 Å². The van der Waals surface area contributed by atoms with Gasteiger partial charge in [-0.25, -0.2) is 0 Å². The van der Waals surface area contributed by atoms with Gasteiger partial charge in [-0.15, -0.1) is 11.3 Å². The second kappa shape index (κ2) is 6.49. The van der Waals surface area contributed by atoms with Gasteiger partial charge in [0.05, 0.1) is 12.2 Å². The van der Waals surface area contributed by atoms with Crippen molar-refractivity contribution in [3.8, 4) is 0 Å². The van der Waals surface area contributed by atoms with Crippen molar-refractivity contribution in [1.82, 2.24) is 9.72 Å². The summed E-state index contributed by atoms with van der Waals surface area (Å²) < 4.78 is 6.96. The van der Waals surface area contributed by atoms with Crippen LogP contribution in [0.1, 0.15) is 21.8 Å². The Balaban J connectivity index is 1.70. The molecule has 4 aromatic rings. The zero-order valence-corrected chi connectivity index (χ0v) is 14.4. The Hall–Kier alpha value is -2.99. The molecule has 2 aromatic carbocycles. The van der Waals surface area contributed by atoms with Crippen LogP contribution in [0.5, 0.6) is 0 Å². The number of nitrogens with zero attached hydrogens (tertiary/aromatic N) is 3. The van der Waals surface area contributed by atoms with E-state index in [9.17, 15) is 4.79 Å². The van der Waals surface area contributed by atoms with Gasteiger partial charge in [-0.05, 0) is 23.3 Å². The van der Waals surface area contributed by atoms with E-state index in [4.69, 9.17) is 4.52 Å². The maximum absolute atomic E-state index is 12.2. The van der Waals surface area contributed by atoms with Gasteiger partial charge in [-0.1, -0.05) is 47.6 Å². The van der Waals surface area contributed by atoms with Crippen LogP contribution in [-0.2, 0) is 6.54 Å². The van der Waals surface area contributed by atoms with Crippen LogP contribution >= 0.6 is 11.3 Å². The summed E-state index contributed by atoms with van der Waals surface area (Å²) in [5.41, 5.74) is 1.84. The van der Waals surface area contributed by atoms with Crippen molar-refractivity contribution in [3.05, 3.63) is 81.9 Å². The first-order valence-electron chi connectivity index (χ1n) is 7.84. The monoisotopic (exact) mass is 349 g/mol. The quantitative estimate of drug-likeness (QED) is 0.565. The van der Waals surface area contributed by atoms with E-state index in [2.05, 4.69) is 34.4 Å². The van der Waals surface area contributed by atoms with Gasteiger partial charge >= 0.3 is 5.91 Å². The molecule has 0 saturated carbocycles. The lowest BCUT2D eigenvalue weighted by atomic mass is 10.0. The number of aromatic nitrogens is 2. The smallest absolute Gasteiger partial charge is 0.318 e. The lowest BCUT2D eigenvalue weighted by Crippen LogP contribution is -2.17. The van der Waals surface area contributed by atoms with Crippen molar-refractivity contribution in [2.24, 2.45) is 4.99 Å². The highest BCUT2D eigenvalue weighted by molar-refractivity contribution is 7.07. The number of fused-ring (bicyclic) bond motifs is 1. The number of rotatable bonds is 3. The molecule has 0 N–H and O–H groups in total. The Kier molecular flexibility index (Phi) is 4.03. The molecule has 0 unspecified atom stereocenters. The Morgan fingerprint density at radius 1 is 1.24 bits per heavy atom. The average Bonchev–Trinajstić information content (AvgIpc) is 3.24. The summed E-state index contributed by atoms with van der Waals surface area (Å²) in [4.78, 5) is 17.1. The predicted octanol–water partition coefficient (Wildman–Crippen LogP) is 3.79. The number of aryl methyl sites for hydroxylation is 1. The average molecular weight is 349 g/mol. The van der Waals surface area contributed by atoms with Crippen LogP contribution in [0.4, 0.5) is 0 Å². The maximum atomic E-state index is 12.2. The molecule has 5 nitrogen and oxygen atoms in total. The molecule has 6 heteroatoms. The maximum Gasteiger partial charge on any atom is 0.318 e. The Bertz CT molecular complexity index is 1120.